The number of piperidine rings is 1. The first-order chi connectivity index (χ1) is 35.8. The number of carbonyl (C=O) groups excluding carboxylic acids is 1. The van der Waals surface area contributed by atoms with Crippen molar-refractivity contribution in [2.45, 2.75) is 64.9 Å². The molecular formula is C54H60Cl2F3N7O6S3. The number of nitrogens with zero attached hydrogens (tertiary/aromatic N) is 4. The van der Waals surface area contributed by atoms with Gasteiger partial charge in [-0.3, -0.25) is 9.52 Å². The molecule has 2 saturated heterocycles. The van der Waals surface area contributed by atoms with Crippen LogP contribution < -0.4 is 25.2 Å². The number of nitrogens with one attached hydrogen (secondary N) is 3. The first-order valence-electron chi connectivity index (χ1n) is 24.7. The first kappa shape index (κ1) is 55.8. The van der Waals surface area contributed by atoms with Crippen LogP contribution in [0.3, 0.4) is 0 Å². The Hall–Kier alpha value is -5.41. The molecule has 1 amide bonds. The second-order valence-corrected chi connectivity index (χ2v) is 24.2. The van der Waals surface area contributed by atoms with E-state index in [-0.39, 0.29) is 23.4 Å². The number of amides is 1. The van der Waals surface area contributed by atoms with E-state index in [4.69, 9.17) is 23.2 Å². The number of aliphatic hydroxyl groups excluding tert-OH is 1. The summed E-state index contributed by atoms with van der Waals surface area (Å²) >= 11 is 13.7. The maximum Gasteiger partial charge on any atom is 0.501 e. The van der Waals surface area contributed by atoms with E-state index >= 15 is 0 Å². The predicted molar refractivity (Wildman–Crippen MR) is 296 cm³/mol. The van der Waals surface area contributed by atoms with Crippen LogP contribution in [0.4, 0.5) is 35.9 Å². The largest absolute Gasteiger partial charge is 0.501 e. The van der Waals surface area contributed by atoms with Crippen LogP contribution in [0.15, 0.2) is 136 Å². The van der Waals surface area contributed by atoms with Crippen LogP contribution in [0.25, 0.3) is 22.4 Å². The molecule has 0 bridgehead atoms. The summed E-state index contributed by atoms with van der Waals surface area (Å²) in [7, 11) is -8.67. The number of anilines is 4. The fourth-order valence-electron chi connectivity index (χ4n) is 9.45. The number of aromatic nitrogens is 1. The number of alkyl halides is 4. The molecule has 21 heteroatoms. The highest BCUT2D eigenvalue weighted by Gasteiger charge is 2.48. The fraction of sp³-hybridized carbons (Fsp3) is 0.352. The molecule has 13 nitrogen and oxygen atoms in total. The van der Waals surface area contributed by atoms with Crippen LogP contribution in [-0.2, 0) is 26.9 Å². The van der Waals surface area contributed by atoms with Gasteiger partial charge in [-0.2, -0.15) is 13.2 Å². The lowest BCUT2D eigenvalue weighted by Crippen LogP contribution is -2.46. The Morgan fingerprint density at radius 1 is 0.813 bits per heavy atom. The monoisotopic (exact) mass is 1130 g/mol. The van der Waals surface area contributed by atoms with E-state index in [0.717, 1.165) is 56.5 Å². The maximum atomic E-state index is 14.3. The van der Waals surface area contributed by atoms with E-state index in [1.807, 2.05) is 91.3 Å². The van der Waals surface area contributed by atoms with Gasteiger partial charge in [0.25, 0.3) is 25.8 Å². The molecule has 0 saturated carbocycles. The van der Waals surface area contributed by atoms with Gasteiger partial charge in [0.05, 0.1) is 27.9 Å². The Kier molecular flexibility index (Phi) is 18.1. The molecule has 4 N–H and O–H groups in total. The SMILES string of the molecule is Cc1c(C(=O)NCCCCl)c(-c2cccc(N3CCN(c4ccc(NS(=O)(=O)c5ccc(N[C@H](CCN6CCC(O)CC6)CSc6ccccc6)c(S(=O)(=O)C(F)(F)F)c5)cc4)CC3)c2)c(-c2ccc(Cl)cc2)n1C. The number of piperazine rings is 1. The van der Waals surface area contributed by atoms with Crippen LogP contribution in [0, 0.1) is 6.92 Å². The van der Waals surface area contributed by atoms with Crippen molar-refractivity contribution in [3.8, 4) is 22.4 Å². The van der Waals surface area contributed by atoms with E-state index < -0.39 is 41.2 Å². The molecule has 3 heterocycles. The number of rotatable bonds is 20. The minimum absolute atomic E-state index is 0.126. The van der Waals surface area contributed by atoms with E-state index in [1.165, 1.54) is 11.8 Å². The topological polar surface area (TPSA) is 156 Å². The van der Waals surface area contributed by atoms with Crippen LogP contribution >= 0.6 is 35.0 Å². The number of hydrogen-bond acceptors (Lipinski definition) is 11. The minimum Gasteiger partial charge on any atom is -0.393 e. The normalized spacial score (nSPS) is 15.5. The van der Waals surface area contributed by atoms with Gasteiger partial charge in [-0.05, 0) is 123 Å². The Morgan fingerprint density at radius 2 is 1.48 bits per heavy atom. The zero-order valence-corrected chi connectivity index (χ0v) is 45.5. The van der Waals surface area contributed by atoms with Crippen LogP contribution in [0.2, 0.25) is 5.02 Å². The van der Waals surface area contributed by atoms with Gasteiger partial charge in [-0.15, -0.1) is 23.4 Å². The van der Waals surface area contributed by atoms with Gasteiger partial charge in [0.1, 0.15) is 4.90 Å². The molecule has 2 fully saturated rings. The average Bonchev–Trinajstić information content (AvgIpc) is 3.67. The van der Waals surface area contributed by atoms with Crippen LogP contribution in [0.5, 0.6) is 0 Å². The summed E-state index contributed by atoms with van der Waals surface area (Å²) in [5, 5.41) is 16.7. The summed E-state index contributed by atoms with van der Waals surface area (Å²) in [6.45, 7) is 6.74. The van der Waals surface area contributed by atoms with Crippen molar-refractivity contribution in [1.29, 1.82) is 0 Å². The summed E-state index contributed by atoms with van der Waals surface area (Å²) in [5.41, 5.74) is 0.690. The molecule has 2 aliphatic rings. The van der Waals surface area contributed by atoms with Crippen molar-refractivity contribution in [2.75, 3.05) is 83.8 Å². The van der Waals surface area contributed by atoms with Gasteiger partial charge in [-0.1, -0.05) is 54.1 Å². The lowest BCUT2D eigenvalue weighted by molar-refractivity contribution is -0.0435. The van der Waals surface area contributed by atoms with Gasteiger partial charge >= 0.3 is 5.51 Å². The molecule has 6 aromatic rings. The molecule has 0 aliphatic carbocycles. The van der Waals surface area contributed by atoms with Crippen molar-refractivity contribution in [2.24, 2.45) is 7.05 Å². The van der Waals surface area contributed by atoms with E-state index in [2.05, 4.69) is 36.1 Å². The Balaban J connectivity index is 0.964. The van der Waals surface area contributed by atoms with Crippen molar-refractivity contribution >= 4 is 83.5 Å². The predicted octanol–water partition coefficient (Wildman–Crippen LogP) is 10.5. The Labute approximate surface area is 451 Å². The molecule has 5 aromatic carbocycles. The van der Waals surface area contributed by atoms with E-state index in [0.29, 0.717) is 106 Å². The number of aliphatic hydroxyl groups is 1. The zero-order chi connectivity index (χ0) is 53.5. The Morgan fingerprint density at radius 3 is 2.13 bits per heavy atom. The molecule has 1 atom stereocenters. The molecular weight excluding hydrogens is 1070 g/mol. The van der Waals surface area contributed by atoms with Crippen molar-refractivity contribution < 1.29 is 39.9 Å². The number of hydrogen-bond donors (Lipinski definition) is 4. The number of carbonyl (C=O) groups is 1. The van der Waals surface area contributed by atoms with Gasteiger partial charge in [-0.25, -0.2) is 16.8 Å². The van der Waals surface area contributed by atoms with Gasteiger partial charge < -0.3 is 35.0 Å². The molecule has 2 aliphatic heterocycles. The van der Waals surface area contributed by atoms with Crippen molar-refractivity contribution in [3.05, 3.63) is 138 Å². The number of sulfonamides is 1. The van der Waals surface area contributed by atoms with Gasteiger partial charge in [0.2, 0.25) is 0 Å². The summed E-state index contributed by atoms with van der Waals surface area (Å²) in [5.74, 6) is 0.611. The zero-order valence-electron chi connectivity index (χ0n) is 41.5. The minimum atomic E-state index is -6.03. The van der Waals surface area contributed by atoms with Gasteiger partial charge in [0.15, 0.2) is 0 Å². The third kappa shape index (κ3) is 13.4. The molecule has 0 spiro atoms. The molecule has 400 valence electrons. The number of likely N-dealkylation sites (tertiary alicyclic amines) is 1. The maximum absolute atomic E-state index is 14.3. The molecule has 1 aromatic heterocycles. The highest BCUT2D eigenvalue weighted by atomic mass is 35.5. The standard InChI is InChI=1S/C54H60Cl2F3N7O6S3/c1-37-50(53(68)60-26-7-25-55)51(52(63(37)2)38-12-14-40(56)15-13-38)39-8-6-9-44(34-39)66-32-30-65(31-33-66)43-18-16-41(17-19-43)62-75(71,72)47-20-21-48(49(35-47)74(69,70)54(57,58)59)61-42(36-73-46-10-4-3-5-11-46)22-27-64-28-23-45(67)24-29-64/h3-6,8-21,34-35,42,45,61-62,67H,7,22-33,36H2,1-2H3,(H,60,68)/t42-/m1/s1. The molecule has 8 rings (SSSR count). The highest BCUT2D eigenvalue weighted by molar-refractivity contribution is 7.99. The summed E-state index contributed by atoms with van der Waals surface area (Å²) in [6.07, 6.45) is 1.88. The smallest absolute Gasteiger partial charge is 0.393 e. The third-order valence-electron chi connectivity index (χ3n) is 13.7. The first-order valence-corrected chi connectivity index (χ1v) is 29.5. The lowest BCUT2D eigenvalue weighted by Gasteiger charge is -2.37. The molecule has 0 unspecified atom stereocenters. The van der Waals surface area contributed by atoms with E-state index in [9.17, 15) is 39.9 Å². The third-order valence-corrected chi connectivity index (χ3v) is 18.3. The lowest BCUT2D eigenvalue weighted by atomic mass is 9.95. The second kappa shape index (κ2) is 24.3. The van der Waals surface area contributed by atoms with E-state index in [1.54, 1.807) is 24.3 Å². The second-order valence-electron chi connectivity index (χ2n) is 18.7. The highest BCUT2D eigenvalue weighted by Crippen LogP contribution is 2.41. The average molecular weight is 1130 g/mol. The number of thioether (sulfide) groups is 1. The van der Waals surface area contributed by atoms with Crippen molar-refractivity contribution in [3.63, 3.8) is 0 Å². The summed E-state index contributed by atoms with van der Waals surface area (Å²) in [6, 6.07) is 33.9. The number of halogens is 5. The number of benzene rings is 5. The quantitative estimate of drug-likeness (QED) is 0.0328. The van der Waals surface area contributed by atoms with Gasteiger partial charge in [0, 0.05) is 115 Å². The molecule has 75 heavy (non-hydrogen) atoms. The molecule has 0 radical (unpaired) electrons. The fourth-order valence-corrected chi connectivity index (χ4v) is 12.8. The Bertz CT molecular complexity index is 3150. The summed E-state index contributed by atoms with van der Waals surface area (Å²) < 4.78 is 101. The number of sulfone groups is 1. The van der Waals surface area contributed by atoms with Crippen molar-refractivity contribution in [1.82, 2.24) is 14.8 Å². The summed E-state index contributed by atoms with van der Waals surface area (Å²) in [4.78, 5) is 19.4. The van der Waals surface area contributed by atoms with Crippen LogP contribution in [0.1, 0.15) is 41.7 Å². The van der Waals surface area contributed by atoms with Crippen LogP contribution in [-0.4, -0.2) is 119 Å².